The molecule has 1 aliphatic rings. The Balaban J connectivity index is 1.83. The maximum Gasteiger partial charge on any atom is 0.157 e. The van der Waals surface area contributed by atoms with Gasteiger partial charge in [-0.05, 0) is 57.1 Å². The number of pyridine rings is 1. The van der Waals surface area contributed by atoms with E-state index in [1.165, 1.54) is 5.56 Å². The first-order valence-corrected chi connectivity index (χ1v) is 8.44. The highest BCUT2D eigenvalue weighted by molar-refractivity contribution is 6.29. The number of halogens is 1. The Hall–Kier alpha value is -2.18. The molecular weight excluding hydrogens is 324 g/mol. The third-order valence-electron chi connectivity index (χ3n) is 4.70. The summed E-state index contributed by atoms with van der Waals surface area (Å²) in [7, 11) is 2.16. The first-order chi connectivity index (χ1) is 11.6. The van der Waals surface area contributed by atoms with Gasteiger partial charge in [-0.15, -0.1) is 5.10 Å². The van der Waals surface area contributed by atoms with Crippen LogP contribution in [0.3, 0.4) is 0 Å². The summed E-state index contributed by atoms with van der Waals surface area (Å²) >= 11 is 6.02. The SMILES string of the molecule is CN1CCC(c2cc(N)nn3c(-c4ccnc(Cl)c4)cnc23)CC1. The summed E-state index contributed by atoms with van der Waals surface area (Å²) in [4.78, 5) is 11.0. The molecule has 7 heteroatoms. The van der Waals surface area contributed by atoms with Crippen molar-refractivity contribution in [2.75, 3.05) is 25.9 Å². The Morgan fingerprint density at radius 2 is 2.00 bits per heavy atom. The normalized spacial score (nSPS) is 16.8. The average molecular weight is 343 g/mol. The van der Waals surface area contributed by atoms with Crippen molar-refractivity contribution in [1.82, 2.24) is 24.5 Å². The number of piperidine rings is 1. The van der Waals surface area contributed by atoms with Gasteiger partial charge in [0.25, 0.3) is 0 Å². The van der Waals surface area contributed by atoms with Gasteiger partial charge < -0.3 is 10.6 Å². The van der Waals surface area contributed by atoms with Crippen LogP contribution in [0.5, 0.6) is 0 Å². The van der Waals surface area contributed by atoms with Crippen molar-refractivity contribution in [2.24, 2.45) is 0 Å². The maximum atomic E-state index is 6.09. The second kappa shape index (κ2) is 6.03. The number of likely N-dealkylation sites (tertiary alicyclic amines) is 1. The fraction of sp³-hybridized carbons (Fsp3) is 0.353. The van der Waals surface area contributed by atoms with E-state index in [1.807, 2.05) is 28.9 Å². The van der Waals surface area contributed by atoms with Gasteiger partial charge in [0.05, 0.1) is 11.9 Å². The van der Waals surface area contributed by atoms with Crippen LogP contribution in [0.1, 0.15) is 24.3 Å². The molecule has 4 rings (SSSR count). The van der Waals surface area contributed by atoms with Crippen molar-refractivity contribution >= 4 is 23.1 Å². The van der Waals surface area contributed by atoms with E-state index in [2.05, 4.69) is 27.0 Å². The molecular formula is C17H19ClN6. The summed E-state index contributed by atoms with van der Waals surface area (Å²) < 4.78 is 1.83. The zero-order chi connectivity index (χ0) is 16.7. The van der Waals surface area contributed by atoms with Gasteiger partial charge in [-0.3, -0.25) is 0 Å². The number of hydrogen-bond donors (Lipinski definition) is 1. The molecule has 2 N–H and O–H groups in total. The number of imidazole rings is 1. The Morgan fingerprint density at radius 3 is 2.75 bits per heavy atom. The molecule has 4 heterocycles. The second-order valence-electron chi connectivity index (χ2n) is 6.35. The lowest BCUT2D eigenvalue weighted by atomic mass is 9.90. The summed E-state index contributed by atoms with van der Waals surface area (Å²) in [6.07, 6.45) is 5.73. The number of aromatic nitrogens is 4. The number of anilines is 1. The molecule has 0 saturated carbocycles. The largest absolute Gasteiger partial charge is 0.382 e. The molecule has 1 saturated heterocycles. The molecule has 0 amide bonds. The van der Waals surface area contributed by atoms with Crippen molar-refractivity contribution in [2.45, 2.75) is 18.8 Å². The highest BCUT2D eigenvalue weighted by Gasteiger charge is 2.23. The van der Waals surface area contributed by atoms with Gasteiger partial charge in [-0.1, -0.05) is 11.6 Å². The van der Waals surface area contributed by atoms with Crippen molar-refractivity contribution in [3.05, 3.63) is 41.3 Å². The molecule has 1 fully saturated rings. The molecule has 1 aliphatic heterocycles. The number of rotatable bonds is 2. The summed E-state index contributed by atoms with van der Waals surface area (Å²) in [5.74, 6) is 0.973. The van der Waals surface area contributed by atoms with E-state index in [9.17, 15) is 0 Å². The van der Waals surface area contributed by atoms with Crippen LogP contribution in [0.2, 0.25) is 5.15 Å². The fourth-order valence-corrected chi connectivity index (χ4v) is 3.56. The van der Waals surface area contributed by atoms with Crippen molar-refractivity contribution in [3.63, 3.8) is 0 Å². The molecule has 0 unspecified atom stereocenters. The van der Waals surface area contributed by atoms with Gasteiger partial charge in [0, 0.05) is 17.3 Å². The molecule has 0 atom stereocenters. The first-order valence-electron chi connectivity index (χ1n) is 8.06. The quantitative estimate of drug-likeness (QED) is 0.725. The van der Waals surface area contributed by atoms with E-state index in [0.29, 0.717) is 16.9 Å². The van der Waals surface area contributed by atoms with Crippen LogP contribution in [-0.4, -0.2) is 44.6 Å². The number of fused-ring (bicyclic) bond motifs is 1. The third-order valence-corrected chi connectivity index (χ3v) is 4.90. The predicted molar refractivity (Wildman–Crippen MR) is 95.1 cm³/mol. The number of nitrogens with zero attached hydrogens (tertiary/aromatic N) is 5. The van der Waals surface area contributed by atoms with E-state index < -0.39 is 0 Å². The highest BCUT2D eigenvalue weighted by atomic mass is 35.5. The molecule has 3 aromatic rings. The van der Waals surface area contributed by atoms with Crippen LogP contribution in [0.4, 0.5) is 5.82 Å². The van der Waals surface area contributed by atoms with Crippen molar-refractivity contribution in [1.29, 1.82) is 0 Å². The molecule has 0 spiro atoms. The van der Waals surface area contributed by atoms with Crippen LogP contribution >= 0.6 is 11.6 Å². The second-order valence-corrected chi connectivity index (χ2v) is 6.74. The molecule has 124 valence electrons. The van der Waals surface area contributed by atoms with Gasteiger partial charge in [-0.2, -0.15) is 0 Å². The van der Waals surface area contributed by atoms with E-state index in [0.717, 1.165) is 42.8 Å². The minimum absolute atomic E-state index is 0.446. The van der Waals surface area contributed by atoms with E-state index in [-0.39, 0.29) is 0 Å². The Kier molecular flexibility index (Phi) is 3.86. The van der Waals surface area contributed by atoms with Crippen LogP contribution in [-0.2, 0) is 0 Å². The van der Waals surface area contributed by atoms with Gasteiger partial charge in [0.15, 0.2) is 5.65 Å². The Morgan fingerprint density at radius 1 is 1.21 bits per heavy atom. The Labute approximate surface area is 145 Å². The maximum absolute atomic E-state index is 6.09. The van der Waals surface area contributed by atoms with Crippen LogP contribution in [0.25, 0.3) is 16.9 Å². The smallest absolute Gasteiger partial charge is 0.157 e. The molecule has 0 bridgehead atoms. The highest BCUT2D eigenvalue weighted by Crippen LogP contribution is 2.32. The molecule has 24 heavy (non-hydrogen) atoms. The minimum Gasteiger partial charge on any atom is -0.382 e. The number of nitrogens with two attached hydrogens (primary N) is 1. The van der Waals surface area contributed by atoms with Crippen molar-refractivity contribution < 1.29 is 0 Å². The molecule has 0 aliphatic carbocycles. The zero-order valence-electron chi connectivity index (χ0n) is 13.5. The van der Waals surface area contributed by atoms with Crippen LogP contribution < -0.4 is 5.73 Å². The molecule has 6 nitrogen and oxygen atoms in total. The lowest BCUT2D eigenvalue weighted by molar-refractivity contribution is 0.255. The van der Waals surface area contributed by atoms with Gasteiger partial charge in [0.1, 0.15) is 11.0 Å². The van der Waals surface area contributed by atoms with Gasteiger partial charge in [-0.25, -0.2) is 14.5 Å². The summed E-state index contributed by atoms with van der Waals surface area (Å²) in [6.45, 7) is 2.18. The topological polar surface area (TPSA) is 72.3 Å². The standard InChI is InChI=1S/C17H19ClN6/c1-23-6-3-11(4-7-23)13-9-16(19)22-24-14(10-21-17(13)24)12-2-5-20-15(18)8-12/h2,5,8-11H,3-4,6-7H2,1H3,(H2,19,22). The Bertz CT molecular complexity index is 882. The van der Waals surface area contributed by atoms with E-state index >= 15 is 0 Å². The predicted octanol–water partition coefficient (Wildman–Crippen LogP) is 2.84. The van der Waals surface area contributed by atoms with E-state index in [1.54, 1.807) is 6.20 Å². The molecule has 3 aromatic heterocycles. The van der Waals surface area contributed by atoms with Crippen LogP contribution in [0, 0.1) is 0 Å². The van der Waals surface area contributed by atoms with Crippen LogP contribution in [0.15, 0.2) is 30.6 Å². The zero-order valence-corrected chi connectivity index (χ0v) is 14.2. The number of nitrogen functional groups attached to an aromatic ring is 1. The summed E-state index contributed by atoms with van der Waals surface area (Å²) in [5, 5.41) is 4.92. The molecule has 0 aromatic carbocycles. The number of hydrogen-bond acceptors (Lipinski definition) is 5. The minimum atomic E-state index is 0.446. The monoisotopic (exact) mass is 342 g/mol. The third kappa shape index (κ3) is 2.72. The van der Waals surface area contributed by atoms with Crippen molar-refractivity contribution in [3.8, 4) is 11.3 Å². The first kappa shape index (κ1) is 15.4. The lowest BCUT2D eigenvalue weighted by Gasteiger charge is -2.29. The summed E-state index contributed by atoms with van der Waals surface area (Å²) in [6, 6.07) is 5.68. The van der Waals surface area contributed by atoms with Gasteiger partial charge >= 0.3 is 0 Å². The summed E-state index contributed by atoms with van der Waals surface area (Å²) in [5.41, 5.74) is 9.94. The lowest BCUT2D eigenvalue weighted by Crippen LogP contribution is -2.29. The van der Waals surface area contributed by atoms with E-state index in [4.69, 9.17) is 17.3 Å². The van der Waals surface area contributed by atoms with Gasteiger partial charge in [0.2, 0.25) is 0 Å². The molecule has 0 radical (unpaired) electrons. The average Bonchev–Trinajstić information content (AvgIpc) is 2.98. The fourth-order valence-electron chi connectivity index (χ4n) is 3.39.